The van der Waals surface area contributed by atoms with Gasteiger partial charge in [-0.05, 0) is 20.3 Å². The lowest BCUT2D eigenvalue weighted by Crippen LogP contribution is -2.13. The molecule has 1 unspecified atom stereocenters. The standard InChI is InChI=1S/C8H14N2O3S3/c1-4-5-15(11)7-9-10-8(14-7)16(12,13)6(2)3/h6H,4-5H2,1-3H3. The first-order valence-electron chi connectivity index (χ1n) is 4.85. The predicted molar refractivity (Wildman–Crippen MR) is 63.8 cm³/mol. The number of hydrogen-bond acceptors (Lipinski definition) is 6. The van der Waals surface area contributed by atoms with Gasteiger partial charge in [-0.2, -0.15) is 0 Å². The van der Waals surface area contributed by atoms with Crippen LogP contribution in [0.15, 0.2) is 8.68 Å². The molecule has 92 valence electrons. The third kappa shape index (κ3) is 2.86. The van der Waals surface area contributed by atoms with Crippen molar-refractivity contribution in [3.8, 4) is 0 Å². The molecule has 0 bridgehead atoms. The SMILES string of the molecule is CCCS(=O)c1nnc(S(=O)(=O)C(C)C)s1. The fourth-order valence-electron chi connectivity index (χ4n) is 0.878. The van der Waals surface area contributed by atoms with Gasteiger partial charge in [0.1, 0.15) is 0 Å². The molecule has 1 aromatic heterocycles. The largest absolute Gasteiger partial charge is 0.252 e. The first-order chi connectivity index (χ1) is 7.39. The first-order valence-corrected chi connectivity index (χ1v) is 8.53. The summed E-state index contributed by atoms with van der Waals surface area (Å²) in [7, 11) is -4.62. The van der Waals surface area contributed by atoms with E-state index < -0.39 is 25.9 Å². The van der Waals surface area contributed by atoms with Gasteiger partial charge in [-0.25, -0.2) is 8.42 Å². The van der Waals surface area contributed by atoms with Crippen LogP contribution < -0.4 is 0 Å². The maximum absolute atomic E-state index is 11.7. The van der Waals surface area contributed by atoms with Crippen LogP contribution in [0.2, 0.25) is 0 Å². The van der Waals surface area contributed by atoms with Crippen molar-refractivity contribution >= 4 is 32.0 Å². The highest BCUT2D eigenvalue weighted by atomic mass is 32.2. The molecule has 16 heavy (non-hydrogen) atoms. The molecule has 0 saturated heterocycles. The minimum Gasteiger partial charge on any atom is -0.252 e. The van der Waals surface area contributed by atoms with Gasteiger partial charge in [0.25, 0.3) is 0 Å². The van der Waals surface area contributed by atoms with E-state index in [1.807, 2.05) is 6.92 Å². The van der Waals surface area contributed by atoms with E-state index in [2.05, 4.69) is 10.2 Å². The Morgan fingerprint density at radius 3 is 2.50 bits per heavy atom. The van der Waals surface area contributed by atoms with Crippen molar-refractivity contribution in [2.24, 2.45) is 0 Å². The maximum atomic E-state index is 11.7. The van der Waals surface area contributed by atoms with Gasteiger partial charge in [-0.1, -0.05) is 18.3 Å². The molecule has 0 aliphatic heterocycles. The van der Waals surface area contributed by atoms with Crippen LogP contribution in [0.1, 0.15) is 27.2 Å². The van der Waals surface area contributed by atoms with Crippen molar-refractivity contribution in [2.45, 2.75) is 41.1 Å². The van der Waals surface area contributed by atoms with E-state index in [1.165, 1.54) is 0 Å². The Balaban J connectivity index is 3.00. The van der Waals surface area contributed by atoms with Crippen molar-refractivity contribution in [1.29, 1.82) is 0 Å². The van der Waals surface area contributed by atoms with Gasteiger partial charge >= 0.3 is 0 Å². The predicted octanol–water partition coefficient (Wildman–Crippen LogP) is 1.24. The molecule has 0 saturated carbocycles. The van der Waals surface area contributed by atoms with E-state index in [0.717, 1.165) is 17.8 Å². The molecule has 0 aliphatic rings. The molecule has 1 heterocycles. The summed E-state index contributed by atoms with van der Waals surface area (Å²) in [6.07, 6.45) is 0.762. The molecule has 1 rings (SSSR count). The summed E-state index contributed by atoms with van der Waals surface area (Å²) in [5.74, 6) is 0.482. The Morgan fingerprint density at radius 2 is 2.00 bits per heavy atom. The third-order valence-corrected chi connectivity index (χ3v) is 7.16. The zero-order chi connectivity index (χ0) is 12.3. The van der Waals surface area contributed by atoms with E-state index in [0.29, 0.717) is 10.1 Å². The second-order valence-corrected chi connectivity index (χ2v) is 8.88. The molecule has 8 heteroatoms. The van der Waals surface area contributed by atoms with Crippen molar-refractivity contribution in [1.82, 2.24) is 10.2 Å². The van der Waals surface area contributed by atoms with Crippen LogP contribution in [0.5, 0.6) is 0 Å². The number of aromatic nitrogens is 2. The summed E-state index contributed by atoms with van der Waals surface area (Å²) < 4.78 is 35.3. The van der Waals surface area contributed by atoms with Crippen LogP contribution in [0.3, 0.4) is 0 Å². The molecule has 0 aromatic carbocycles. The second-order valence-electron chi connectivity index (χ2n) is 3.48. The van der Waals surface area contributed by atoms with Crippen molar-refractivity contribution in [2.75, 3.05) is 5.75 Å². The Labute approximate surface area is 102 Å². The van der Waals surface area contributed by atoms with Crippen LogP contribution in [0, 0.1) is 0 Å². The van der Waals surface area contributed by atoms with Gasteiger partial charge in [0.05, 0.1) is 16.0 Å². The summed E-state index contributed by atoms with van der Waals surface area (Å²) in [6.45, 7) is 5.07. The van der Waals surface area contributed by atoms with Crippen molar-refractivity contribution in [3.63, 3.8) is 0 Å². The molecule has 5 nitrogen and oxygen atoms in total. The van der Waals surface area contributed by atoms with Crippen LogP contribution in [-0.4, -0.2) is 33.8 Å². The molecule has 0 N–H and O–H groups in total. The normalized spacial score (nSPS) is 14.2. The van der Waals surface area contributed by atoms with Crippen LogP contribution in [-0.2, 0) is 20.6 Å². The summed E-state index contributed by atoms with van der Waals surface area (Å²) >= 11 is 0.906. The Hall–Kier alpha value is -0.340. The van der Waals surface area contributed by atoms with E-state index in [1.54, 1.807) is 13.8 Å². The Morgan fingerprint density at radius 1 is 1.38 bits per heavy atom. The molecule has 0 amide bonds. The van der Waals surface area contributed by atoms with Gasteiger partial charge in [0.2, 0.25) is 18.5 Å². The molecule has 0 fully saturated rings. The lowest BCUT2D eigenvalue weighted by Gasteiger charge is -2.01. The fraction of sp³-hybridized carbons (Fsp3) is 0.750. The van der Waals surface area contributed by atoms with Gasteiger partial charge in [0.15, 0.2) is 0 Å². The topological polar surface area (TPSA) is 77.0 Å². The Kier molecular flexibility index (Phi) is 4.57. The van der Waals surface area contributed by atoms with Gasteiger partial charge < -0.3 is 0 Å². The second kappa shape index (κ2) is 5.33. The van der Waals surface area contributed by atoms with E-state index in [4.69, 9.17) is 0 Å². The van der Waals surface area contributed by atoms with Gasteiger partial charge in [-0.15, -0.1) is 10.2 Å². The number of nitrogens with zero attached hydrogens (tertiary/aromatic N) is 2. The van der Waals surface area contributed by atoms with Crippen LogP contribution in [0.25, 0.3) is 0 Å². The number of hydrogen-bond donors (Lipinski definition) is 0. The molecule has 0 spiro atoms. The van der Waals surface area contributed by atoms with E-state index >= 15 is 0 Å². The third-order valence-electron chi connectivity index (χ3n) is 1.84. The zero-order valence-corrected chi connectivity index (χ0v) is 11.8. The van der Waals surface area contributed by atoms with Crippen molar-refractivity contribution in [3.05, 3.63) is 0 Å². The molecular formula is C8H14N2O3S3. The average Bonchev–Trinajstić information content (AvgIpc) is 2.67. The summed E-state index contributed by atoms with van der Waals surface area (Å²) in [6, 6.07) is 0. The lowest BCUT2D eigenvalue weighted by molar-refractivity contribution is 0.585. The highest BCUT2D eigenvalue weighted by molar-refractivity contribution is 7.94. The zero-order valence-electron chi connectivity index (χ0n) is 9.34. The monoisotopic (exact) mass is 282 g/mol. The van der Waals surface area contributed by atoms with E-state index in [9.17, 15) is 12.6 Å². The highest BCUT2D eigenvalue weighted by Gasteiger charge is 2.25. The molecule has 1 aromatic rings. The first kappa shape index (κ1) is 13.7. The number of sulfone groups is 1. The molecule has 1 atom stereocenters. The lowest BCUT2D eigenvalue weighted by atomic mass is 10.6. The number of rotatable bonds is 5. The summed E-state index contributed by atoms with van der Waals surface area (Å²) in [5.41, 5.74) is 0. The Bertz CT molecular complexity index is 478. The molecular weight excluding hydrogens is 268 g/mol. The molecule has 0 aliphatic carbocycles. The van der Waals surface area contributed by atoms with Crippen molar-refractivity contribution < 1.29 is 12.6 Å². The van der Waals surface area contributed by atoms with Crippen LogP contribution in [0.4, 0.5) is 0 Å². The average molecular weight is 282 g/mol. The maximum Gasteiger partial charge on any atom is 0.233 e. The summed E-state index contributed by atoms with van der Waals surface area (Å²) in [4.78, 5) is 0. The minimum atomic E-state index is -3.39. The van der Waals surface area contributed by atoms with Gasteiger partial charge in [-0.3, -0.25) is 4.21 Å². The minimum absolute atomic E-state index is 0.0399. The van der Waals surface area contributed by atoms with Crippen LogP contribution >= 0.6 is 11.3 Å². The highest BCUT2D eigenvalue weighted by Crippen LogP contribution is 2.22. The van der Waals surface area contributed by atoms with Gasteiger partial charge in [0, 0.05) is 5.75 Å². The smallest absolute Gasteiger partial charge is 0.233 e. The quantitative estimate of drug-likeness (QED) is 0.812. The molecule has 0 radical (unpaired) electrons. The summed E-state index contributed by atoms with van der Waals surface area (Å²) in [5, 5.41) is 6.74. The fourth-order valence-corrected chi connectivity index (χ4v) is 4.72. The van der Waals surface area contributed by atoms with E-state index in [-0.39, 0.29) is 4.34 Å².